The Balaban J connectivity index is 3.22. The topological polar surface area (TPSA) is 86.7 Å². The van der Waals surface area contributed by atoms with Gasteiger partial charge in [-0.2, -0.15) is 16.8 Å². The van der Waals surface area contributed by atoms with Gasteiger partial charge in [-0.3, -0.25) is 8.37 Å². The predicted octanol–water partition coefficient (Wildman–Crippen LogP) is 4.18. The van der Waals surface area contributed by atoms with Crippen molar-refractivity contribution in [2.45, 2.75) is 77.0 Å². The molecule has 0 aromatic carbocycles. The van der Waals surface area contributed by atoms with Crippen molar-refractivity contribution < 1.29 is 25.2 Å². The lowest BCUT2D eigenvalue weighted by Gasteiger charge is -2.02. The molecule has 0 spiro atoms. The lowest BCUT2D eigenvalue weighted by molar-refractivity contribution is 0.309. The maximum atomic E-state index is 10.8. The van der Waals surface area contributed by atoms with E-state index in [0.717, 1.165) is 63.9 Å². The Kier molecular flexibility index (Phi) is 15.3. The average Bonchev–Trinajstić information content (AvgIpc) is 2.51. The van der Waals surface area contributed by atoms with Gasteiger partial charge in [0, 0.05) is 0 Å². The first-order chi connectivity index (χ1) is 12.2. The molecule has 0 aliphatic rings. The van der Waals surface area contributed by atoms with Crippen LogP contribution in [0.4, 0.5) is 0 Å². The molecule has 8 heteroatoms. The molecule has 0 N–H and O–H groups in total. The lowest BCUT2D eigenvalue weighted by Crippen LogP contribution is -2.03. The molecular formula is C18H36O6S2. The highest BCUT2D eigenvalue weighted by Gasteiger charge is 2.00. The predicted molar refractivity (Wildman–Crippen MR) is 106 cm³/mol. The monoisotopic (exact) mass is 412 g/mol. The van der Waals surface area contributed by atoms with Crippen LogP contribution in [0.5, 0.6) is 0 Å². The third kappa shape index (κ3) is 23.6. The van der Waals surface area contributed by atoms with Crippen molar-refractivity contribution in [3.8, 4) is 0 Å². The first-order valence-corrected chi connectivity index (χ1v) is 13.2. The molecule has 0 unspecified atom stereocenters. The van der Waals surface area contributed by atoms with Gasteiger partial charge >= 0.3 is 0 Å². The molecule has 0 fully saturated rings. The summed E-state index contributed by atoms with van der Waals surface area (Å²) in [5.41, 5.74) is 0. The second-order valence-corrected chi connectivity index (χ2v) is 9.92. The van der Waals surface area contributed by atoms with Gasteiger partial charge in [0.2, 0.25) is 0 Å². The Morgan fingerprint density at radius 1 is 0.538 bits per heavy atom. The number of rotatable bonds is 18. The highest BCUT2D eigenvalue weighted by molar-refractivity contribution is 7.86. The molecular weight excluding hydrogens is 376 g/mol. The van der Waals surface area contributed by atoms with Crippen LogP contribution in [-0.4, -0.2) is 42.6 Å². The number of allylic oxidation sites excluding steroid dienone is 2. The Bertz CT molecular complexity index is 502. The van der Waals surface area contributed by atoms with Crippen molar-refractivity contribution >= 4 is 20.2 Å². The van der Waals surface area contributed by atoms with Crippen LogP contribution in [0.25, 0.3) is 0 Å². The molecule has 0 atom stereocenters. The molecule has 0 bridgehead atoms. The fourth-order valence-corrected chi connectivity index (χ4v) is 3.29. The van der Waals surface area contributed by atoms with Crippen LogP contribution in [0, 0.1) is 0 Å². The third-order valence-corrected chi connectivity index (χ3v) is 4.98. The summed E-state index contributed by atoms with van der Waals surface area (Å²) in [5, 5.41) is 0. The number of hydrogen-bond acceptors (Lipinski definition) is 6. The minimum atomic E-state index is -3.29. The maximum absolute atomic E-state index is 10.8. The van der Waals surface area contributed by atoms with Gasteiger partial charge < -0.3 is 0 Å². The van der Waals surface area contributed by atoms with E-state index in [1.165, 1.54) is 25.7 Å². The van der Waals surface area contributed by atoms with Crippen LogP contribution < -0.4 is 0 Å². The third-order valence-electron chi connectivity index (χ3n) is 3.79. The summed E-state index contributed by atoms with van der Waals surface area (Å²) in [7, 11) is -6.57. The molecule has 6 nitrogen and oxygen atoms in total. The van der Waals surface area contributed by atoms with Crippen molar-refractivity contribution in [2.24, 2.45) is 0 Å². The zero-order chi connectivity index (χ0) is 19.7. The van der Waals surface area contributed by atoms with Crippen LogP contribution in [-0.2, 0) is 28.6 Å². The minimum absolute atomic E-state index is 0.295. The lowest BCUT2D eigenvalue weighted by atomic mass is 10.1. The van der Waals surface area contributed by atoms with Gasteiger partial charge in [-0.05, 0) is 38.5 Å². The summed E-state index contributed by atoms with van der Waals surface area (Å²) in [4.78, 5) is 0. The van der Waals surface area contributed by atoms with Gasteiger partial charge in [0.05, 0.1) is 25.7 Å². The normalized spacial score (nSPS) is 12.8. The largest absolute Gasteiger partial charge is 0.270 e. The molecule has 0 aromatic heterocycles. The summed E-state index contributed by atoms with van der Waals surface area (Å²) in [6.45, 7) is 0.590. The molecule has 0 saturated heterocycles. The van der Waals surface area contributed by atoms with Crippen LogP contribution in [0.3, 0.4) is 0 Å². The van der Waals surface area contributed by atoms with E-state index in [1.54, 1.807) is 0 Å². The summed E-state index contributed by atoms with van der Waals surface area (Å²) in [6, 6.07) is 0. The van der Waals surface area contributed by atoms with Crippen molar-refractivity contribution in [1.82, 2.24) is 0 Å². The standard InChI is InChI=1S/C18H36O6S2/c1-25(19,20)23-17-15-13-11-9-7-5-3-4-6-8-10-12-14-16-18-24-26(2,21)22/h3-4H,5-18H2,1-2H3/b4-3-. The molecule has 0 heterocycles. The molecule has 0 amide bonds. The van der Waals surface area contributed by atoms with Gasteiger partial charge in [-0.1, -0.05) is 50.7 Å². The quantitative estimate of drug-likeness (QED) is 0.191. The average molecular weight is 413 g/mol. The Morgan fingerprint density at radius 3 is 1.19 bits per heavy atom. The summed E-state index contributed by atoms with van der Waals surface area (Å²) < 4.78 is 52.5. The van der Waals surface area contributed by atoms with E-state index < -0.39 is 20.2 Å². The van der Waals surface area contributed by atoms with Gasteiger partial charge in [0.25, 0.3) is 20.2 Å². The fraction of sp³-hybridized carbons (Fsp3) is 0.889. The van der Waals surface area contributed by atoms with Crippen molar-refractivity contribution in [3.63, 3.8) is 0 Å². The second kappa shape index (κ2) is 15.6. The van der Waals surface area contributed by atoms with E-state index in [-0.39, 0.29) is 0 Å². The van der Waals surface area contributed by atoms with Crippen LogP contribution >= 0.6 is 0 Å². The number of hydrogen-bond donors (Lipinski definition) is 0. The van der Waals surface area contributed by atoms with Gasteiger partial charge in [0.1, 0.15) is 0 Å². The highest BCUT2D eigenvalue weighted by Crippen LogP contribution is 2.09. The molecule has 26 heavy (non-hydrogen) atoms. The first-order valence-electron chi connectivity index (χ1n) is 9.54. The Hall–Kier alpha value is -0.440. The number of unbranched alkanes of at least 4 members (excludes halogenated alkanes) is 10. The van der Waals surface area contributed by atoms with Gasteiger partial charge in [-0.15, -0.1) is 0 Å². The van der Waals surface area contributed by atoms with E-state index >= 15 is 0 Å². The van der Waals surface area contributed by atoms with Crippen molar-refractivity contribution in [3.05, 3.63) is 12.2 Å². The Morgan fingerprint density at radius 2 is 0.846 bits per heavy atom. The molecule has 0 aliphatic heterocycles. The summed E-state index contributed by atoms with van der Waals surface area (Å²) in [5.74, 6) is 0. The molecule has 0 radical (unpaired) electrons. The molecule has 0 aromatic rings. The molecule has 156 valence electrons. The maximum Gasteiger partial charge on any atom is 0.264 e. The summed E-state index contributed by atoms with van der Waals surface area (Å²) >= 11 is 0. The van der Waals surface area contributed by atoms with Crippen LogP contribution in [0.1, 0.15) is 77.0 Å². The van der Waals surface area contributed by atoms with Gasteiger partial charge in [-0.25, -0.2) is 0 Å². The van der Waals surface area contributed by atoms with Crippen LogP contribution in [0.15, 0.2) is 12.2 Å². The molecule has 0 rings (SSSR count). The van der Waals surface area contributed by atoms with Crippen LogP contribution in [0.2, 0.25) is 0 Å². The summed E-state index contributed by atoms with van der Waals surface area (Å²) in [6.07, 6.45) is 19.4. The first kappa shape index (κ1) is 25.6. The zero-order valence-corrected chi connectivity index (χ0v) is 18.0. The van der Waals surface area contributed by atoms with Crippen molar-refractivity contribution in [1.29, 1.82) is 0 Å². The van der Waals surface area contributed by atoms with E-state index in [2.05, 4.69) is 12.2 Å². The van der Waals surface area contributed by atoms with E-state index in [9.17, 15) is 16.8 Å². The smallest absolute Gasteiger partial charge is 0.264 e. The fourth-order valence-electron chi connectivity index (χ4n) is 2.45. The van der Waals surface area contributed by atoms with Crippen molar-refractivity contribution in [2.75, 3.05) is 25.7 Å². The zero-order valence-electron chi connectivity index (χ0n) is 16.3. The molecule has 0 saturated carbocycles. The molecule has 0 aliphatic carbocycles. The van der Waals surface area contributed by atoms with E-state index in [0.29, 0.717) is 13.2 Å². The highest BCUT2D eigenvalue weighted by atomic mass is 32.2. The SMILES string of the molecule is CS(=O)(=O)OCCCCCCC/C=C\CCCCCCCOS(C)(=O)=O. The minimum Gasteiger partial charge on any atom is -0.270 e. The van der Waals surface area contributed by atoms with E-state index in [4.69, 9.17) is 8.37 Å². The second-order valence-electron chi connectivity index (χ2n) is 6.64. The van der Waals surface area contributed by atoms with Gasteiger partial charge in [0.15, 0.2) is 0 Å². The Labute approximate surface area is 160 Å². The van der Waals surface area contributed by atoms with E-state index in [1.807, 2.05) is 0 Å².